The highest BCUT2D eigenvalue weighted by Gasteiger charge is 2.03. The molecule has 0 aliphatic rings. The number of aryl methyl sites for hydroxylation is 3. The van der Waals surface area contributed by atoms with E-state index in [1.54, 1.807) is 0 Å². The van der Waals surface area contributed by atoms with Crippen LogP contribution in [0.2, 0.25) is 0 Å². The van der Waals surface area contributed by atoms with Crippen LogP contribution in [0.1, 0.15) is 22.3 Å². The average molecular weight is 256 g/mol. The summed E-state index contributed by atoms with van der Waals surface area (Å²) in [6, 6.07) is 16.1. The lowest BCUT2D eigenvalue weighted by atomic mass is 10.0. The van der Waals surface area contributed by atoms with E-state index in [1.807, 2.05) is 50.2 Å². The van der Waals surface area contributed by atoms with Crippen LogP contribution in [0.5, 0.6) is 0 Å². The first-order valence-corrected chi connectivity index (χ1v) is 6.28. The van der Waals surface area contributed by atoms with E-state index in [0.717, 1.165) is 16.7 Å². The summed E-state index contributed by atoms with van der Waals surface area (Å²) in [4.78, 5) is 10.4. The molecule has 0 atom stereocenters. The van der Waals surface area contributed by atoms with Gasteiger partial charge in [0.2, 0.25) is 0 Å². The predicted molar refractivity (Wildman–Crippen MR) is 78.4 cm³/mol. The molecule has 0 bridgehead atoms. The van der Waals surface area contributed by atoms with Gasteiger partial charge in [0.15, 0.2) is 0 Å². The zero-order chi connectivity index (χ0) is 14.3. The van der Waals surface area contributed by atoms with Crippen LogP contribution in [-0.4, -0.2) is 11.1 Å². The van der Waals surface area contributed by atoms with Crippen LogP contribution >= 0.6 is 0 Å². The molecule has 2 nitrogen and oxygen atoms in total. The number of benzene rings is 2. The fourth-order valence-corrected chi connectivity index (χ4v) is 1.69. The zero-order valence-corrected chi connectivity index (χ0v) is 11.7. The van der Waals surface area contributed by atoms with E-state index in [4.69, 9.17) is 5.11 Å². The summed E-state index contributed by atoms with van der Waals surface area (Å²) in [6.07, 6.45) is 0.119. The largest absolute Gasteiger partial charge is 0.481 e. The van der Waals surface area contributed by atoms with Crippen molar-refractivity contribution < 1.29 is 9.90 Å². The van der Waals surface area contributed by atoms with Gasteiger partial charge in [0, 0.05) is 0 Å². The Labute approximate surface area is 114 Å². The van der Waals surface area contributed by atoms with E-state index < -0.39 is 5.97 Å². The van der Waals surface area contributed by atoms with Crippen LogP contribution in [0, 0.1) is 20.8 Å². The van der Waals surface area contributed by atoms with Crippen LogP contribution < -0.4 is 0 Å². The first-order valence-electron chi connectivity index (χ1n) is 6.28. The molecule has 0 aliphatic heterocycles. The molecule has 0 amide bonds. The van der Waals surface area contributed by atoms with E-state index >= 15 is 0 Å². The van der Waals surface area contributed by atoms with Crippen molar-refractivity contribution in [3.63, 3.8) is 0 Å². The molecule has 0 spiro atoms. The van der Waals surface area contributed by atoms with E-state index in [0.29, 0.717) is 0 Å². The molecule has 0 fully saturated rings. The fraction of sp³-hybridized carbons (Fsp3) is 0.235. The number of aliphatic carboxylic acids is 1. The van der Waals surface area contributed by atoms with E-state index in [1.165, 1.54) is 5.56 Å². The van der Waals surface area contributed by atoms with Gasteiger partial charge in [0.05, 0.1) is 6.42 Å². The fourth-order valence-electron chi connectivity index (χ4n) is 1.69. The smallest absolute Gasteiger partial charge is 0.307 e. The van der Waals surface area contributed by atoms with Gasteiger partial charge in [-0.05, 0) is 31.9 Å². The Kier molecular flexibility index (Phi) is 5.80. The highest BCUT2D eigenvalue weighted by Crippen LogP contribution is 2.10. The SMILES string of the molecule is Cc1ccc(C)c(CC(=O)O)c1.Cc1ccccc1. The lowest BCUT2D eigenvalue weighted by molar-refractivity contribution is -0.136. The van der Waals surface area contributed by atoms with Crippen LogP contribution in [0.4, 0.5) is 0 Å². The number of carbonyl (C=O) groups is 1. The molecule has 0 unspecified atom stereocenters. The summed E-state index contributed by atoms with van der Waals surface area (Å²) in [5.74, 6) is -0.774. The monoisotopic (exact) mass is 256 g/mol. The summed E-state index contributed by atoms with van der Waals surface area (Å²) in [5.41, 5.74) is 4.38. The Hall–Kier alpha value is -2.09. The van der Waals surface area contributed by atoms with Gasteiger partial charge in [-0.15, -0.1) is 0 Å². The average Bonchev–Trinajstić information content (AvgIpc) is 2.35. The van der Waals surface area contributed by atoms with Crippen molar-refractivity contribution >= 4 is 5.97 Å². The first kappa shape index (κ1) is 15.0. The third-order valence-corrected chi connectivity index (χ3v) is 2.79. The lowest BCUT2D eigenvalue weighted by Gasteiger charge is -2.03. The van der Waals surface area contributed by atoms with Crippen molar-refractivity contribution in [3.8, 4) is 0 Å². The molecule has 0 radical (unpaired) electrons. The molecule has 0 aromatic heterocycles. The van der Waals surface area contributed by atoms with E-state index in [2.05, 4.69) is 19.1 Å². The van der Waals surface area contributed by atoms with Gasteiger partial charge in [-0.1, -0.05) is 59.7 Å². The second kappa shape index (κ2) is 7.37. The zero-order valence-electron chi connectivity index (χ0n) is 11.7. The van der Waals surface area contributed by atoms with Gasteiger partial charge in [-0.3, -0.25) is 4.79 Å². The standard InChI is InChI=1S/C10H12O2.C7H8/c1-7-3-4-8(2)9(5-7)6-10(11)12;1-7-5-3-2-4-6-7/h3-5H,6H2,1-2H3,(H,11,12);2-6H,1H3. The third kappa shape index (κ3) is 5.87. The van der Waals surface area contributed by atoms with Crippen LogP contribution in [0.3, 0.4) is 0 Å². The maximum Gasteiger partial charge on any atom is 0.307 e. The Bertz CT molecular complexity index is 530. The van der Waals surface area contributed by atoms with Gasteiger partial charge in [-0.25, -0.2) is 0 Å². The maximum atomic E-state index is 10.4. The molecular weight excluding hydrogens is 236 g/mol. The second-order valence-corrected chi connectivity index (χ2v) is 4.66. The van der Waals surface area contributed by atoms with Gasteiger partial charge in [0.1, 0.15) is 0 Å². The molecule has 2 rings (SSSR count). The number of rotatable bonds is 2. The third-order valence-electron chi connectivity index (χ3n) is 2.79. The molecule has 0 saturated carbocycles. The maximum absolute atomic E-state index is 10.4. The second-order valence-electron chi connectivity index (χ2n) is 4.66. The molecule has 2 aromatic rings. The Morgan fingerprint density at radius 3 is 2.05 bits per heavy atom. The van der Waals surface area contributed by atoms with Crippen molar-refractivity contribution in [2.45, 2.75) is 27.2 Å². The molecule has 0 aliphatic carbocycles. The number of hydrogen-bond acceptors (Lipinski definition) is 1. The lowest BCUT2D eigenvalue weighted by Crippen LogP contribution is -2.01. The molecule has 0 heterocycles. The summed E-state index contributed by atoms with van der Waals surface area (Å²) < 4.78 is 0. The van der Waals surface area contributed by atoms with Gasteiger partial charge in [-0.2, -0.15) is 0 Å². The van der Waals surface area contributed by atoms with Crippen molar-refractivity contribution in [2.75, 3.05) is 0 Å². The van der Waals surface area contributed by atoms with Crippen LogP contribution in [0.15, 0.2) is 48.5 Å². The summed E-state index contributed by atoms with van der Waals surface area (Å²) >= 11 is 0. The summed E-state index contributed by atoms with van der Waals surface area (Å²) in [6.45, 7) is 5.97. The predicted octanol–water partition coefficient (Wildman–Crippen LogP) is 3.93. The minimum Gasteiger partial charge on any atom is -0.481 e. The normalized spacial score (nSPS) is 9.42. The molecular formula is C17H20O2. The van der Waals surface area contributed by atoms with Crippen molar-refractivity contribution in [3.05, 3.63) is 70.8 Å². The van der Waals surface area contributed by atoms with Crippen molar-refractivity contribution in [1.29, 1.82) is 0 Å². The molecule has 100 valence electrons. The van der Waals surface area contributed by atoms with Crippen LogP contribution in [-0.2, 0) is 11.2 Å². The first-order chi connectivity index (χ1) is 8.99. The van der Waals surface area contributed by atoms with Crippen molar-refractivity contribution in [2.24, 2.45) is 0 Å². The highest BCUT2D eigenvalue weighted by atomic mass is 16.4. The Balaban J connectivity index is 0.000000218. The molecule has 19 heavy (non-hydrogen) atoms. The van der Waals surface area contributed by atoms with E-state index in [-0.39, 0.29) is 6.42 Å². The molecule has 1 N–H and O–H groups in total. The number of carboxylic acids is 1. The Morgan fingerprint density at radius 1 is 0.947 bits per heavy atom. The van der Waals surface area contributed by atoms with Crippen molar-refractivity contribution in [1.82, 2.24) is 0 Å². The summed E-state index contributed by atoms with van der Waals surface area (Å²) in [5, 5.41) is 8.58. The van der Waals surface area contributed by atoms with Gasteiger partial charge >= 0.3 is 5.97 Å². The minimum atomic E-state index is -0.774. The summed E-state index contributed by atoms with van der Waals surface area (Å²) in [7, 11) is 0. The van der Waals surface area contributed by atoms with Crippen LogP contribution in [0.25, 0.3) is 0 Å². The Morgan fingerprint density at radius 2 is 1.58 bits per heavy atom. The van der Waals surface area contributed by atoms with Gasteiger partial charge in [0.25, 0.3) is 0 Å². The minimum absolute atomic E-state index is 0.119. The van der Waals surface area contributed by atoms with Gasteiger partial charge < -0.3 is 5.11 Å². The quantitative estimate of drug-likeness (QED) is 0.884. The highest BCUT2D eigenvalue weighted by molar-refractivity contribution is 5.70. The van der Waals surface area contributed by atoms with E-state index in [9.17, 15) is 4.79 Å². The number of hydrogen-bond donors (Lipinski definition) is 1. The number of carboxylic acid groups (broad SMARTS) is 1. The molecule has 2 heteroatoms. The topological polar surface area (TPSA) is 37.3 Å². The molecule has 0 saturated heterocycles. The molecule has 2 aromatic carbocycles.